The molecule has 0 radical (unpaired) electrons. The van der Waals surface area contributed by atoms with Crippen molar-refractivity contribution in [1.29, 1.82) is 5.26 Å². The number of amides is 4. The Bertz CT molecular complexity index is 2140. The summed E-state index contributed by atoms with van der Waals surface area (Å²) in [4.78, 5) is 54.7. The number of rotatable bonds is 10. The molecule has 3 aromatic rings. The van der Waals surface area contributed by atoms with E-state index in [1.54, 1.807) is 50.2 Å². The summed E-state index contributed by atoms with van der Waals surface area (Å²) in [5.41, 5.74) is -1.70. The summed E-state index contributed by atoms with van der Waals surface area (Å²) in [6, 6.07) is 13.8. The molecule has 12 nitrogen and oxygen atoms in total. The Morgan fingerprint density at radius 3 is 2.38 bits per heavy atom. The summed E-state index contributed by atoms with van der Waals surface area (Å²) in [5.74, 6) is -0.932. The Hall–Kier alpha value is -4.95. The Morgan fingerprint density at radius 1 is 1.02 bits per heavy atom. The van der Waals surface area contributed by atoms with E-state index in [9.17, 15) is 37.6 Å². The van der Waals surface area contributed by atoms with Gasteiger partial charge in [-0.3, -0.25) is 34.3 Å². The van der Waals surface area contributed by atoms with Gasteiger partial charge in [-0.05, 0) is 119 Å². The van der Waals surface area contributed by atoms with Gasteiger partial charge in [-0.2, -0.15) is 18.4 Å². The molecule has 1 unspecified atom stereocenters. The summed E-state index contributed by atoms with van der Waals surface area (Å²) < 4.78 is 47.2. The number of imide groups is 1. The number of anilines is 4. The molecular weight excluding hydrogens is 794 g/mol. The van der Waals surface area contributed by atoms with Crippen LogP contribution in [0.5, 0.6) is 5.75 Å². The topological polar surface area (TPSA) is 147 Å². The van der Waals surface area contributed by atoms with Gasteiger partial charge in [-0.15, -0.1) is 0 Å². The zero-order valence-corrected chi connectivity index (χ0v) is 32.5. The highest BCUT2D eigenvalue weighted by Crippen LogP contribution is 2.41. The Kier molecular flexibility index (Phi) is 11.8. The monoisotopic (exact) mass is 829 g/mol. The highest BCUT2D eigenvalue weighted by atomic mass is 35.5. The van der Waals surface area contributed by atoms with Gasteiger partial charge in [0.15, 0.2) is 5.11 Å². The first-order valence-electron chi connectivity index (χ1n) is 17.6. The highest BCUT2D eigenvalue weighted by Gasteiger charge is 2.51. The third-order valence-corrected chi connectivity index (χ3v) is 10.7. The van der Waals surface area contributed by atoms with Crippen LogP contribution >= 0.6 is 35.4 Å². The smallest absolute Gasteiger partial charge is 0.417 e. The van der Waals surface area contributed by atoms with Crippen molar-refractivity contribution >= 4 is 86.9 Å². The van der Waals surface area contributed by atoms with Crippen LogP contribution in [0.2, 0.25) is 10.0 Å². The highest BCUT2D eigenvalue weighted by molar-refractivity contribution is 7.81. The van der Waals surface area contributed by atoms with Crippen molar-refractivity contribution in [3.05, 3.63) is 75.8 Å². The summed E-state index contributed by atoms with van der Waals surface area (Å²) >= 11 is 18.5. The number of nitrogens with one attached hydrogen (secondary N) is 3. The molecule has 3 saturated heterocycles. The van der Waals surface area contributed by atoms with Crippen LogP contribution in [0.1, 0.15) is 50.7 Å². The minimum Gasteiger partial charge on any atom is -0.492 e. The molecule has 0 aliphatic carbocycles. The first-order valence-corrected chi connectivity index (χ1v) is 18.8. The largest absolute Gasteiger partial charge is 0.492 e. The Balaban J connectivity index is 1.01. The molecule has 3 aromatic carbocycles. The molecule has 0 spiro atoms. The summed E-state index contributed by atoms with van der Waals surface area (Å²) in [5, 5.41) is 18.0. The third-order valence-electron chi connectivity index (χ3n) is 9.84. The van der Waals surface area contributed by atoms with Gasteiger partial charge in [-0.25, -0.2) is 0 Å². The van der Waals surface area contributed by atoms with Crippen molar-refractivity contribution in [3.63, 3.8) is 0 Å². The maximum atomic E-state index is 13.7. The maximum Gasteiger partial charge on any atom is 0.417 e. The molecule has 56 heavy (non-hydrogen) atoms. The van der Waals surface area contributed by atoms with E-state index in [1.165, 1.54) is 17.0 Å². The molecule has 18 heteroatoms. The quantitative estimate of drug-likeness (QED) is 0.148. The number of likely N-dealkylation sites (tertiary alicyclic amines) is 1. The number of thiocarbonyl (C=S) groups is 1. The average Bonchev–Trinajstić information content (AvgIpc) is 3.30. The van der Waals surface area contributed by atoms with Crippen LogP contribution in [-0.4, -0.2) is 71.5 Å². The van der Waals surface area contributed by atoms with E-state index in [-0.39, 0.29) is 46.5 Å². The predicted molar refractivity (Wildman–Crippen MR) is 209 cm³/mol. The van der Waals surface area contributed by atoms with Gasteiger partial charge in [0.25, 0.3) is 5.91 Å². The number of halogens is 5. The van der Waals surface area contributed by atoms with Gasteiger partial charge in [0.05, 0.1) is 41.1 Å². The van der Waals surface area contributed by atoms with Crippen LogP contribution in [0.25, 0.3) is 0 Å². The Morgan fingerprint density at radius 2 is 1.71 bits per heavy atom. The van der Waals surface area contributed by atoms with Crippen molar-refractivity contribution in [2.75, 3.05) is 46.7 Å². The van der Waals surface area contributed by atoms with E-state index in [2.05, 4.69) is 16.0 Å². The van der Waals surface area contributed by atoms with Crippen LogP contribution in [-0.2, 0) is 25.4 Å². The fourth-order valence-corrected chi connectivity index (χ4v) is 7.89. The third kappa shape index (κ3) is 8.86. The van der Waals surface area contributed by atoms with Crippen molar-refractivity contribution in [2.45, 2.75) is 57.3 Å². The molecule has 0 aromatic heterocycles. The van der Waals surface area contributed by atoms with E-state index >= 15 is 0 Å². The standard InChI is InChI=1S/C38H36Cl2F3N7O5S/c1-37(2)35(54)49(26-4-3-22(18-44)28(16-26)38(41,42)43)36(56)50(37)27-5-7-31(29(40)17-27)55-20-21-9-11-48(12-10-21)19-33(52)46-25-14-23(39)13-24(15-25)45-30-6-8-32(51)47-34(30)53/h3-5,7,13-17,21,30,45H,6,8-12,19-20H2,1-2H3,(H,46,52)(H,47,51,53). The zero-order chi connectivity index (χ0) is 40.5. The molecule has 6 rings (SSSR count). The van der Waals surface area contributed by atoms with Crippen LogP contribution in [0, 0.1) is 17.2 Å². The van der Waals surface area contributed by atoms with E-state index in [0.717, 1.165) is 29.9 Å². The van der Waals surface area contributed by atoms with Gasteiger partial charge in [-0.1, -0.05) is 23.2 Å². The number of nitrogens with zero attached hydrogens (tertiary/aromatic N) is 4. The number of nitriles is 1. The van der Waals surface area contributed by atoms with E-state index in [1.807, 2.05) is 4.90 Å². The second-order valence-corrected chi connectivity index (χ2v) is 15.4. The van der Waals surface area contributed by atoms with Gasteiger partial charge >= 0.3 is 6.18 Å². The molecule has 3 aliphatic rings. The van der Waals surface area contributed by atoms with Crippen molar-refractivity contribution in [3.8, 4) is 11.8 Å². The van der Waals surface area contributed by atoms with Gasteiger partial charge < -0.3 is 20.3 Å². The van der Waals surface area contributed by atoms with Crippen LogP contribution in [0.4, 0.5) is 35.9 Å². The molecule has 3 N–H and O–H groups in total. The molecule has 3 aliphatic heterocycles. The lowest BCUT2D eigenvalue weighted by molar-refractivity contribution is -0.138. The lowest BCUT2D eigenvalue weighted by atomic mass is 9.98. The second kappa shape index (κ2) is 16.3. The number of alkyl halides is 3. The van der Waals surface area contributed by atoms with Crippen molar-refractivity contribution in [2.24, 2.45) is 5.92 Å². The molecule has 0 saturated carbocycles. The molecule has 3 fully saturated rings. The van der Waals surface area contributed by atoms with E-state index < -0.39 is 40.7 Å². The summed E-state index contributed by atoms with van der Waals surface area (Å²) in [6.45, 7) is 5.03. The second-order valence-electron chi connectivity index (χ2n) is 14.2. The van der Waals surface area contributed by atoms with Crippen molar-refractivity contribution in [1.82, 2.24) is 10.2 Å². The lowest BCUT2D eigenvalue weighted by Crippen LogP contribution is -2.47. The summed E-state index contributed by atoms with van der Waals surface area (Å²) in [7, 11) is 0. The van der Waals surface area contributed by atoms with Gasteiger partial charge in [0.1, 0.15) is 17.3 Å². The molecule has 4 amide bonds. The number of carbonyl (C=O) groups is 4. The zero-order valence-electron chi connectivity index (χ0n) is 30.1. The molecule has 1 atom stereocenters. The number of hydrogen-bond acceptors (Lipinski definition) is 9. The summed E-state index contributed by atoms with van der Waals surface area (Å²) in [6.07, 6.45) is -2.72. The molecular formula is C38H36Cl2F3N7O5S. The van der Waals surface area contributed by atoms with Gasteiger partial charge in [0.2, 0.25) is 17.7 Å². The normalized spacial score (nSPS) is 19.1. The number of ether oxygens (including phenoxy) is 1. The first-order chi connectivity index (χ1) is 26.4. The lowest BCUT2D eigenvalue weighted by Gasteiger charge is -2.31. The van der Waals surface area contributed by atoms with Crippen molar-refractivity contribution < 1.29 is 37.1 Å². The van der Waals surface area contributed by atoms with Crippen LogP contribution in [0.15, 0.2) is 54.6 Å². The Labute approximate surface area is 335 Å². The maximum absolute atomic E-state index is 13.7. The van der Waals surface area contributed by atoms with E-state index in [4.69, 9.17) is 40.2 Å². The fourth-order valence-electron chi connectivity index (χ4n) is 6.91. The minimum absolute atomic E-state index is 0.0536. The number of hydrogen-bond donors (Lipinski definition) is 3. The van der Waals surface area contributed by atoms with Crippen LogP contribution in [0.3, 0.4) is 0 Å². The fraction of sp³-hybridized carbons (Fsp3) is 0.368. The average molecular weight is 831 g/mol. The number of piperidine rings is 2. The van der Waals surface area contributed by atoms with Crippen LogP contribution < -0.4 is 30.5 Å². The molecule has 0 bridgehead atoms. The minimum atomic E-state index is -4.82. The predicted octanol–water partition coefficient (Wildman–Crippen LogP) is 6.75. The first kappa shape index (κ1) is 40.7. The SMILES string of the molecule is CC1(C)C(=O)N(c2ccc(C#N)c(C(F)(F)F)c2)C(=S)N1c1ccc(OCC2CCN(CC(=O)Nc3cc(Cl)cc(NC4CCC(=O)NC4=O)c3)CC2)c(Cl)c1. The number of carbonyl (C=O) groups excluding carboxylic acids is 4. The number of benzene rings is 3. The van der Waals surface area contributed by atoms with E-state index in [0.29, 0.717) is 54.0 Å². The molecule has 3 heterocycles. The van der Waals surface area contributed by atoms with Gasteiger partial charge in [0, 0.05) is 28.5 Å². The molecule has 294 valence electrons.